The molecule has 2 N–H and O–H groups in total. The molecule has 2 fully saturated rings. The van der Waals surface area contributed by atoms with Gasteiger partial charge >= 0.3 is 0 Å². The first-order valence-electron chi connectivity index (χ1n) is 7.07. The summed E-state index contributed by atoms with van der Waals surface area (Å²) in [5.41, 5.74) is 0. The predicted molar refractivity (Wildman–Crippen MR) is 70.3 cm³/mol. The fourth-order valence-electron chi connectivity index (χ4n) is 2.95. The third kappa shape index (κ3) is 3.22. The van der Waals surface area contributed by atoms with Crippen LogP contribution in [-0.4, -0.2) is 72.7 Å². The van der Waals surface area contributed by atoms with E-state index in [4.69, 9.17) is 5.11 Å². The predicted octanol–water partition coefficient (Wildman–Crippen LogP) is -0.489. The zero-order chi connectivity index (χ0) is 13.0. The highest BCUT2D eigenvalue weighted by molar-refractivity contribution is 5.79. The minimum Gasteiger partial charge on any atom is -0.395 e. The standard InChI is InChI=1S/C13H25N3O2/c1-11-12(3-2-4-14-11)13(18)16-7-5-15(6-8-16)9-10-17/h11-12,14,17H,2-10H2,1H3. The molecule has 0 aliphatic carbocycles. The van der Waals surface area contributed by atoms with Gasteiger partial charge in [-0.25, -0.2) is 0 Å². The highest BCUT2D eigenvalue weighted by atomic mass is 16.3. The SMILES string of the molecule is CC1NCCCC1C(=O)N1CCN(CCO)CC1. The van der Waals surface area contributed by atoms with Crippen molar-refractivity contribution >= 4 is 5.91 Å². The van der Waals surface area contributed by atoms with Crippen molar-refractivity contribution in [1.82, 2.24) is 15.1 Å². The van der Waals surface area contributed by atoms with E-state index in [9.17, 15) is 4.79 Å². The molecule has 2 atom stereocenters. The van der Waals surface area contributed by atoms with Crippen molar-refractivity contribution in [2.45, 2.75) is 25.8 Å². The molecule has 5 heteroatoms. The van der Waals surface area contributed by atoms with Gasteiger partial charge in [0.2, 0.25) is 5.91 Å². The van der Waals surface area contributed by atoms with Crippen LogP contribution >= 0.6 is 0 Å². The van der Waals surface area contributed by atoms with Crippen LogP contribution in [0.4, 0.5) is 0 Å². The molecule has 2 aliphatic heterocycles. The van der Waals surface area contributed by atoms with Crippen molar-refractivity contribution in [2.75, 3.05) is 45.9 Å². The summed E-state index contributed by atoms with van der Waals surface area (Å²) in [4.78, 5) is 16.7. The second-order valence-corrected chi connectivity index (χ2v) is 5.38. The van der Waals surface area contributed by atoms with Crippen LogP contribution in [0.15, 0.2) is 0 Å². The Labute approximate surface area is 109 Å². The molecule has 2 aliphatic rings. The van der Waals surface area contributed by atoms with Crippen LogP contribution in [0.25, 0.3) is 0 Å². The van der Waals surface area contributed by atoms with Gasteiger partial charge in [-0.3, -0.25) is 9.69 Å². The first-order chi connectivity index (χ1) is 8.72. The lowest BCUT2D eigenvalue weighted by molar-refractivity contribution is -0.139. The summed E-state index contributed by atoms with van der Waals surface area (Å²) >= 11 is 0. The van der Waals surface area contributed by atoms with E-state index < -0.39 is 0 Å². The van der Waals surface area contributed by atoms with E-state index in [2.05, 4.69) is 17.1 Å². The Morgan fingerprint density at radius 1 is 1.33 bits per heavy atom. The molecular formula is C13H25N3O2. The molecule has 0 bridgehead atoms. The number of carbonyl (C=O) groups excluding carboxylic acids is 1. The first-order valence-corrected chi connectivity index (χ1v) is 7.07. The lowest BCUT2D eigenvalue weighted by Gasteiger charge is -2.38. The lowest BCUT2D eigenvalue weighted by atomic mass is 9.90. The monoisotopic (exact) mass is 255 g/mol. The number of amides is 1. The number of hydrogen-bond donors (Lipinski definition) is 2. The Bertz CT molecular complexity index is 277. The van der Waals surface area contributed by atoms with E-state index in [1.165, 1.54) is 0 Å². The van der Waals surface area contributed by atoms with Crippen molar-refractivity contribution in [3.8, 4) is 0 Å². The smallest absolute Gasteiger partial charge is 0.227 e. The highest BCUT2D eigenvalue weighted by Crippen LogP contribution is 2.19. The molecule has 104 valence electrons. The van der Waals surface area contributed by atoms with Crippen LogP contribution in [0.5, 0.6) is 0 Å². The Morgan fingerprint density at radius 2 is 2.06 bits per heavy atom. The summed E-state index contributed by atoms with van der Waals surface area (Å²) < 4.78 is 0. The van der Waals surface area contributed by atoms with Crippen molar-refractivity contribution in [3.63, 3.8) is 0 Å². The normalized spacial score (nSPS) is 30.4. The second kappa shape index (κ2) is 6.50. The molecule has 0 aromatic carbocycles. The number of rotatable bonds is 3. The van der Waals surface area contributed by atoms with Gasteiger partial charge in [-0.05, 0) is 26.3 Å². The molecule has 0 radical (unpaired) electrons. The quantitative estimate of drug-likeness (QED) is 0.714. The zero-order valence-corrected chi connectivity index (χ0v) is 11.3. The number of aliphatic hydroxyl groups excluding tert-OH is 1. The molecule has 0 saturated carbocycles. The lowest BCUT2D eigenvalue weighted by Crippen LogP contribution is -2.54. The largest absolute Gasteiger partial charge is 0.395 e. The third-order valence-electron chi connectivity index (χ3n) is 4.18. The first kappa shape index (κ1) is 13.8. The van der Waals surface area contributed by atoms with Gasteiger partial charge in [0.15, 0.2) is 0 Å². The molecular weight excluding hydrogens is 230 g/mol. The Morgan fingerprint density at radius 3 is 2.67 bits per heavy atom. The van der Waals surface area contributed by atoms with Crippen LogP contribution in [0.3, 0.4) is 0 Å². The van der Waals surface area contributed by atoms with Gasteiger partial charge in [0.1, 0.15) is 0 Å². The molecule has 0 aromatic rings. The maximum Gasteiger partial charge on any atom is 0.227 e. The van der Waals surface area contributed by atoms with Gasteiger partial charge in [0, 0.05) is 38.8 Å². The Balaban J connectivity index is 1.83. The van der Waals surface area contributed by atoms with E-state index in [1.807, 2.05) is 4.90 Å². The van der Waals surface area contributed by atoms with Crippen molar-refractivity contribution in [2.24, 2.45) is 5.92 Å². The Kier molecular flexibility index (Phi) is 4.97. The minimum absolute atomic E-state index is 0.156. The molecule has 2 saturated heterocycles. The molecule has 5 nitrogen and oxygen atoms in total. The summed E-state index contributed by atoms with van der Waals surface area (Å²) in [7, 11) is 0. The van der Waals surface area contributed by atoms with E-state index in [1.54, 1.807) is 0 Å². The number of piperazine rings is 1. The number of nitrogens with zero attached hydrogens (tertiary/aromatic N) is 2. The van der Waals surface area contributed by atoms with Crippen LogP contribution in [0, 0.1) is 5.92 Å². The van der Waals surface area contributed by atoms with Crippen LogP contribution < -0.4 is 5.32 Å². The van der Waals surface area contributed by atoms with Gasteiger partial charge in [0.05, 0.1) is 12.5 Å². The molecule has 2 unspecified atom stereocenters. The van der Waals surface area contributed by atoms with Crippen molar-refractivity contribution < 1.29 is 9.90 Å². The summed E-state index contributed by atoms with van der Waals surface area (Å²) in [6.45, 7) is 7.48. The molecule has 2 rings (SSSR count). The van der Waals surface area contributed by atoms with Gasteiger partial charge < -0.3 is 15.3 Å². The average molecular weight is 255 g/mol. The number of hydrogen-bond acceptors (Lipinski definition) is 4. The number of nitrogens with one attached hydrogen (secondary N) is 1. The zero-order valence-electron chi connectivity index (χ0n) is 11.3. The fraction of sp³-hybridized carbons (Fsp3) is 0.923. The highest BCUT2D eigenvalue weighted by Gasteiger charge is 2.32. The maximum absolute atomic E-state index is 12.4. The van der Waals surface area contributed by atoms with Crippen LogP contribution in [0.1, 0.15) is 19.8 Å². The second-order valence-electron chi connectivity index (χ2n) is 5.38. The van der Waals surface area contributed by atoms with E-state index in [-0.39, 0.29) is 12.5 Å². The van der Waals surface area contributed by atoms with Gasteiger partial charge in [-0.2, -0.15) is 0 Å². The van der Waals surface area contributed by atoms with Crippen LogP contribution in [-0.2, 0) is 4.79 Å². The maximum atomic E-state index is 12.4. The van der Waals surface area contributed by atoms with Gasteiger partial charge in [-0.1, -0.05) is 0 Å². The third-order valence-corrected chi connectivity index (χ3v) is 4.18. The number of aliphatic hydroxyl groups is 1. The average Bonchev–Trinajstić information content (AvgIpc) is 2.40. The van der Waals surface area contributed by atoms with E-state index >= 15 is 0 Å². The fourth-order valence-corrected chi connectivity index (χ4v) is 2.95. The molecule has 0 aromatic heterocycles. The minimum atomic E-state index is 0.156. The molecule has 0 spiro atoms. The summed E-state index contributed by atoms with van der Waals surface area (Å²) in [5.74, 6) is 0.474. The summed E-state index contributed by atoms with van der Waals surface area (Å²) in [5, 5.41) is 12.3. The van der Waals surface area contributed by atoms with Gasteiger partial charge in [0.25, 0.3) is 0 Å². The van der Waals surface area contributed by atoms with Crippen LogP contribution in [0.2, 0.25) is 0 Å². The van der Waals surface area contributed by atoms with Crippen molar-refractivity contribution in [3.05, 3.63) is 0 Å². The van der Waals surface area contributed by atoms with E-state index in [0.29, 0.717) is 11.9 Å². The number of β-amino-alcohol motifs (C(OH)–C–C–N with tert-alkyl or cyclic N) is 1. The summed E-state index contributed by atoms with van der Waals surface area (Å²) in [6, 6.07) is 0.307. The van der Waals surface area contributed by atoms with Gasteiger partial charge in [-0.15, -0.1) is 0 Å². The molecule has 2 heterocycles. The number of carbonyl (C=O) groups is 1. The number of piperidine rings is 1. The summed E-state index contributed by atoms with van der Waals surface area (Å²) in [6.07, 6.45) is 2.12. The Hall–Kier alpha value is -0.650. The topological polar surface area (TPSA) is 55.8 Å². The molecule has 18 heavy (non-hydrogen) atoms. The van der Waals surface area contributed by atoms with Crippen molar-refractivity contribution in [1.29, 1.82) is 0 Å². The molecule has 1 amide bonds. The van der Waals surface area contributed by atoms with E-state index in [0.717, 1.165) is 52.1 Å².